The normalized spacial score (nSPS) is 12.6. The van der Waals surface area contributed by atoms with E-state index in [-0.39, 0.29) is 12.1 Å². The number of ether oxygens (including phenoxy) is 1. The molecule has 7 nitrogen and oxygen atoms in total. The molecule has 200 valence electrons. The highest BCUT2D eigenvalue weighted by Gasteiger charge is 2.12. The van der Waals surface area contributed by atoms with Crippen LogP contribution in [0.1, 0.15) is 91.0 Å². The fourth-order valence-corrected chi connectivity index (χ4v) is 3.94. The number of urea groups is 2. The molecule has 0 aromatic heterocycles. The second-order valence-corrected chi connectivity index (χ2v) is 9.46. The molecule has 2 atom stereocenters. The Morgan fingerprint density at radius 3 is 1.97 bits per heavy atom. The van der Waals surface area contributed by atoms with Crippen molar-refractivity contribution >= 4 is 23.4 Å². The highest BCUT2D eigenvalue weighted by atomic mass is 16.5. The lowest BCUT2D eigenvalue weighted by Crippen LogP contribution is -2.33. The van der Waals surface area contributed by atoms with Crippen LogP contribution in [-0.4, -0.2) is 38.4 Å². The van der Waals surface area contributed by atoms with Crippen LogP contribution in [0.25, 0.3) is 0 Å². The van der Waals surface area contributed by atoms with Crippen molar-refractivity contribution in [2.75, 3.05) is 36.9 Å². The molecule has 0 heterocycles. The van der Waals surface area contributed by atoms with Crippen molar-refractivity contribution < 1.29 is 14.3 Å². The van der Waals surface area contributed by atoms with Gasteiger partial charge in [-0.15, -0.1) is 0 Å². The molecular formula is C28H50N4O3. The predicted octanol–water partition coefficient (Wildman–Crippen LogP) is 7.08. The van der Waals surface area contributed by atoms with Gasteiger partial charge in [0, 0.05) is 37.7 Å². The molecular weight excluding hydrogens is 440 g/mol. The maximum absolute atomic E-state index is 12.4. The second-order valence-electron chi connectivity index (χ2n) is 9.46. The van der Waals surface area contributed by atoms with Gasteiger partial charge in [0.05, 0.1) is 0 Å². The van der Waals surface area contributed by atoms with Crippen LogP contribution in [-0.2, 0) is 4.74 Å². The van der Waals surface area contributed by atoms with Gasteiger partial charge in [0.25, 0.3) is 0 Å². The number of benzene rings is 1. The first kappa shape index (κ1) is 30.8. The van der Waals surface area contributed by atoms with E-state index in [1.54, 1.807) is 0 Å². The molecule has 1 aromatic rings. The molecule has 4 amide bonds. The maximum atomic E-state index is 12.4. The number of anilines is 2. The van der Waals surface area contributed by atoms with Crippen LogP contribution >= 0.6 is 0 Å². The zero-order chi connectivity index (χ0) is 25.9. The lowest BCUT2D eigenvalue weighted by molar-refractivity contribution is 0.0925. The average molecular weight is 491 g/mol. The van der Waals surface area contributed by atoms with E-state index in [0.717, 1.165) is 37.9 Å². The van der Waals surface area contributed by atoms with E-state index < -0.39 is 0 Å². The van der Waals surface area contributed by atoms with Crippen LogP contribution < -0.4 is 21.3 Å². The summed E-state index contributed by atoms with van der Waals surface area (Å²) in [7, 11) is 0. The molecule has 2 unspecified atom stereocenters. The van der Waals surface area contributed by atoms with Gasteiger partial charge in [0.2, 0.25) is 0 Å². The summed E-state index contributed by atoms with van der Waals surface area (Å²) < 4.78 is 5.80. The van der Waals surface area contributed by atoms with E-state index in [1.807, 2.05) is 25.1 Å². The first-order valence-corrected chi connectivity index (χ1v) is 13.7. The molecule has 35 heavy (non-hydrogen) atoms. The molecule has 0 aliphatic rings. The van der Waals surface area contributed by atoms with Crippen LogP contribution in [0.5, 0.6) is 0 Å². The average Bonchev–Trinajstić information content (AvgIpc) is 2.85. The summed E-state index contributed by atoms with van der Waals surface area (Å²) in [4.78, 5) is 24.7. The molecule has 7 heteroatoms. The third-order valence-corrected chi connectivity index (χ3v) is 6.57. The Bertz CT molecular complexity index is 726. The Kier molecular flexibility index (Phi) is 16.7. The van der Waals surface area contributed by atoms with Gasteiger partial charge in [-0.2, -0.15) is 0 Å². The minimum atomic E-state index is -0.259. The van der Waals surface area contributed by atoms with Crippen LogP contribution in [0.15, 0.2) is 18.2 Å². The fraction of sp³-hybridized carbons (Fsp3) is 0.714. The molecule has 0 saturated heterocycles. The molecule has 1 rings (SSSR count). The van der Waals surface area contributed by atoms with Gasteiger partial charge >= 0.3 is 12.1 Å². The third-order valence-electron chi connectivity index (χ3n) is 6.57. The van der Waals surface area contributed by atoms with Crippen molar-refractivity contribution in [2.45, 2.75) is 92.4 Å². The number of rotatable bonds is 18. The summed E-state index contributed by atoms with van der Waals surface area (Å²) in [5.41, 5.74) is 2.17. The van der Waals surface area contributed by atoms with Crippen molar-refractivity contribution in [3.8, 4) is 0 Å². The van der Waals surface area contributed by atoms with Crippen molar-refractivity contribution in [2.24, 2.45) is 11.8 Å². The molecule has 4 N–H and O–H groups in total. The standard InChI is InChI=1S/C28H50N4O3/c1-6-10-14-23(8-3)20-30-28(34)32-26-17-12-16-25(22(26)5)31-27(33)29-18-13-19-35-21-24(9-4)15-11-7-2/h12,16-17,23-24H,6-11,13-15,18-21H2,1-5H3,(H2,29,31,33)(H2,30,32,34). The van der Waals surface area contributed by atoms with Crippen molar-refractivity contribution in [1.29, 1.82) is 0 Å². The monoisotopic (exact) mass is 490 g/mol. The molecule has 0 aliphatic carbocycles. The fourth-order valence-electron chi connectivity index (χ4n) is 3.94. The number of carbonyl (C=O) groups excluding carboxylic acids is 2. The van der Waals surface area contributed by atoms with E-state index in [9.17, 15) is 9.59 Å². The van der Waals surface area contributed by atoms with Crippen molar-refractivity contribution in [1.82, 2.24) is 10.6 Å². The topological polar surface area (TPSA) is 91.5 Å². The molecule has 1 aromatic carbocycles. The lowest BCUT2D eigenvalue weighted by atomic mass is 9.99. The first-order valence-electron chi connectivity index (χ1n) is 13.7. The number of nitrogens with one attached hydrogen (secondary N) is 4. The van der Waals surface area contributed by atoms with Gasteiger partial charge in [0.1, 0.15) is 0 Å². The molecule has 0 saturated carbocycles. The molecule has 0 radical (unpaired) electrons. The summed E-state index contributed by atoms with van der Waals surface area (Å²) in [6.07, 6.45) is 10.2. The van der Waals surface area contributed by atoms with Gasteiger partial charge in [-0.05, 0) is 55.7 Å². The molecule has 0 aliphatic heterocycles. The first-order chi connectivity index (χ1) is 16.9. The van der Waals surface area contributed by atoms with Crippen LogP contribution in [0.3, 0.4) is 0 Å². The Morgan fingerprint density at radius 2 is 1.40 bits per heavy atom. The highest BCUT2D eigenvalue weighted by molar-refractivity contribution is 5.94. The summed E-state index contributed by atoms with van der Waals surface area (Å²) in [5.74, 6) is 1.13. The minimum absolute atomic E-state index is 0.218. The smallest absolute Gasteiger partial charge is 0.319 e. The van der Waals surface area contributed by atoms with Crippen LogP contribution in [0.4, 0.5) is 21.0 Å². The number of carbonyl (C=O) groups is 2. The number of amides is 4. The van der Waals surface area contributed by atoms with E-state index in [2.05, 4.69) is 49.0 Å². The van der Waals surface area contributed by atoms with Gasteiger partial charge in [-0.25, -0.2) is 9.59 Å². The third kappa shape index (κ3) is 13.4. The summed E-state index contributed by atoms with van der Waals surface area (Å²) in [6.45, 7) is 13.3. The van der Waals surface area contributed by atoms with Gasteiger partial charge in [-0.1, -0.05) is 72.3 Å². The van der Waals surface area contributed by atoms with Crippen molar-refractivity contribution in [3.05, 3.63) is 23.8 Å². The Balaban J connectivity index is 2.38. The van der Waals surface area contributed by atoms with E-state index >= 15 is 0 Å². The van der Waals surface area contributed by atoms with Crippen LogP contribution in [0, 0.1) is 18.8 Å². The predicted molar refractivity (Wildman–Crippen MR) is 147 cm³/mol. The SMILES string of the molecule is CCCCC(CC)CNC(=O)Nc1cccc(NC(=O)NCCCOCC(CC)CCCC)c1C. The van der Waals surface area contributed by atoms with E-state index in [4.69, 9.17) is 4.74 Å². The molecule has 0 spiro atoms. The zero-order valence-corrected chi connectivity index (χ0v) is 22.8. The second kappa shape index (κ2) is 19.0. The minimum Gasteiger partial charge on any atom is -0.381 e. The Morgan fingerprint density at radius 1 is 0.829 bits per heavy atom. The Hall–Kier alpha value is -2.28. The molecule has 0 bridgehead atoms. The largest absolute Gasteiger partial charge is 0.381 e. The Labute approximate surface area is 213 Å². The maximum Gasteiger partial charge on any atom is 0.319 e. The molecule has 0 fully saturated rings. The van der Waals surface area contributed by atoms with Gasteiger partial charge < -0.3 is 26.0 Å². The van der Waals surface area contributed by atoms with Gasteiger partial charge in [0.15, 0.2) is 0 Å². The summed E-state index contributed by atoms with van der Waals surface area (Å²) in [5, 5.41) is 11.7. The van der Waals surface area contributed by atoms with Gasteiger partial charge in [-0.3, -0.25) is 0 Å². The zero-order valence-electron chi connectivity index (χ0n) is 22.8. The summed E-state index contributed by atoms with van der Waals surface area (Å²) in [6, 6.07) is 5.02. The number of hydrogen-bond donors (Lipinski definition) is 4. The van der Waals surface area contributed by atoms with Crippen LogP contribution in [0.2, 0.25) is 0 Å². The van der Waals surface area contributed by atoms with E-state index in [0.29, 0.717) is 42.9 Å². The number of unbranched alkanes of at least 4 members (excludes halogenated alkanes) is 2. The number of hydrogen-bond acceptors (Lipinski definition) is 3. The lowest BCUT2D eigenvalue weighted by Gasteiger charge is -2.17. The van der Waals surface area contributed by atoms with Crippen molar-refractivity contribution in [3.63, 3.8) is 0 Å². The summed E-state index contributed by atoms with van der Waals surface area (Å²) >= 11 is 0. The quantitative estimate of drug-likeness (QED) is 0.166. The van der Waals surface area contributed by atoms with E-state index in [1.165, 1.54) is 32.1 Å². The highest BCUT2D eigenvalue weighted by Crippen LogP contribution is 2.23.